The van der Waals surface area contributed by atoms with Crippen LogP contribution in [0.4, 0.5) is 0 Å². The molecule has 0 saturated heterocycles. The van der Waals surface area contributed by atoms with Crippen LogP contribution in [0.15, 0.2) is 23.2 Å². The van der Waals surface area contributed by atoms with Crippen molar-refractivity contribution in [2.24, 2.45) is 12.0 Å². The molecule has 0 amide bonds. The van der Waals surface area contributed by atoms with Crippen LogP contribution in [0.5, 0.6) is 11.5 Å². The van der Waals surface area contributed by atoms with E-state index in [1.165, 1.54) is 24.8 Å². The van der Waals surface area contributed by atoms with Gasteiger partial charge in [-0.05, 0) is 37.5 Å². The van der Waals surface area contributed by atoms with Gasteiger partial charge >= 0.3 is 0 Å². The SMILES string of the molecule is CN=C(NCc1nnc(C)n1C)NCC1(c2ccc(OC)c(OC)c2)CCCCC1.I. The fraction of sp³-hybridized carbons (Fsp3) is 0.591. The number of nitrogens with zero attached hydrogens (tertiary/aromatic N) is 4. The average Bonchev–Trinajstić information content (AvgIpc) is 3.11. The van der Waals surface area contributed by atoms with Crippen molar-refractivity contribution in [3.8, 4) is 11.5 Å². The summed E-state index contributed by atoms with van der Waals surface area (Å²) in [6.07, 6.45) is 6.00. The number of methoxy groups -OCH3 is 2. The Labute approximate surface area is 202 Å². The van der Waals surface area contributed by atoms with Crippen LogP contribution in [0.25, 0.3) is 0 Å². The first-order valence-electron chi connectivity index (χ1n) is 10.5. The van der Waals surface area contributed by atoms with Crippen LogP contribution in [0.2, 0.25) is 0 Å². The van der Waals surface area contributed by atoms with E-state index in [4.69, 9.17) is 9.47 Å². The fourth-order valence-corrected chi connectivity index (χ4v) is 4.20. The summed E-state index contributed by atoms with van der Waals surface area (Å²) < 4.78 is 13.0. The quantitative estimate of drug-likeness (QED) is 0.317. The van der Waals surface area contributed by atoms with Crippen LogP contribution in [0, 0.1) is 6.92 Å². The topological polar surface area (TPSA) is 85.6 Å². The standard InChI is InChI=1S/C22H34N6O2.HI/c1-16-26-27-20(28(16)3)14-24-21(23-2)25-15-22(11-7-6-8-12-22)17-9-10-18(29-4)19(13-17)30-5;/h9-10,13H,6-8,11-12,14-15H2,1-5H3,(H2,23,24,25);1H. The molecule has 9 heteroatoms. The summed E-state index contributed by atoms with van der Waals surface area (Å²) in [4.78, 5) is 4.40. The van der Waals surface area contributed by atoms with E-state index in [9.17, 15) is 0 Å². The molecule has 2 aromatic rings. The third kappa shape index (κ3) is 5.81. The van der Waals surface area contributed by atoms with Gasteiger partial charge in [-0.2, -0.15) is 0 Å². The van der Waals surface area contributed by atoms with Crippen LogP contribution in [-0.2, 0) is 19.0 Å². The Morgan fingerprint density at radius 3 is 2.39 bits per heavy atom. The summed E-state index contributed by atoms with van der Waals surface area (Å²) in [5.74, 6) is 4.07. The Morgan fingerprint density at radius 1 is 1.10 bits per heavy atom. The smallest absolute Gasteiger partial charge is 0.191 e. The molecule has 0 spiro atoms. The largest absolute Gasteiger partial charge is 0.493 e. The Hall–Kier alpha value is -2.04. The number of aryl methyl sites for hydroxylation is 1. The van der Waals surface area contributed by atoms with Gasteiger partial charge in [0.15, 0.2) is 23.3 Å². The molecule has 8 nitrogen and oxygen atoms in total. The molecule has 31 heavy (non-hydrogen) atoms. The Bertz CT molecular complexity index is 877. The maximum absolute atomic E-state index is 5.56. The lowest BCUT2D eigenvalue weighted by molar-refractivity contribution is 0.288. The first-order chi connectivity index (χ1) is 14.5. The summed E-state index contributed by atoms with van der Waals surface area (Å²) in [5.41, 5.74) is 1.32. The van der Waals surface area contributed by atoms with Crippen molar-refractivity contribution < 1.29 is 9.47 Å². The van der Waals surface area contributed by atoms with E-state index in [1.807, 2.05) is 24.6 Å². The second-order valence-electron chi connectivity index (χ2n) is 7.91. The Morgan fingerprint density at radius 2 is 1.81 bits per heavy atom. The molecular weight excluding hydrogens is 507 g/mol. The highest BCUT2D eigenvalue weighted by molar-refractivity contribution is 14.0. The highest BCUT2D eigenvalue weighted by atomic mass is 127. The zero-order valence-electron chi connectivity index (χ0n) is 19.2. The lowest BCUT2D eigenvalue weighted by Gasteiger charge is -2.38. The van der Waals surface area contributed by atoms with Gasteiger partial charge < -0.3 is 24.7 Å². The zero-order valence-corrected chi connectivity index (χ0v) is 21.5. The molecule has 1 saturated carbocycles. The van der Waals surface area contributed by atoms with Crippen molar-refractivity contribution in [3.05, 3.63) is 35.4 Å². The summed E-state index contributed by atoms with van der Waals surface area (Å²) in [5, 5.41) is 15.2. The lowest BCUT2D eigenvalue weighted by atomic mass is 9.69. The minimum absolute atomic E-state index is 0. The molecular formula is C22H35IN6O2. The third-order valence-corrected chi connectivity index (χ3v) is 6.22. The molecule has 0 unspecified atom stereocenters. The van der Waals surface area contributed by atoms with Gasteiger partial charge in [-0.1, -0.05) is 25.3 Å². The molecule has 0 aliphatic heterocycles. The third-order valence-electron chi connectivity index (χ3n) is 6.22. The number of aromatic nitrogens is 3. The molecule has 1 aliphatic carbocycles. The number of hydrogen-bond acceptors (Lipinski definition) is 5. The van der Waals surface area contributed by atoms with E-state index in [2.05, 4.69) is 38.0 Å². The van der Waals surface area contributed by atoms with Gasteiger partial charge in [-0.25, -0.2) is 0 Å². The van der Waals surface area contributed by atoms with E-state index >= 15 is 0 Å². The van der Waals surface area contributed by atoms with Gasteiger partial charge in [-0.3, -0.25) is 4.99 Å². The molecule has 1 aromatic heterocycles. The molecule has 1 aliphatic rings. The molecule has 1 aromatic carbocycles. The lowest BCUT2D eigenvalue weighted by Crippen LogP contribution is -2.46. The molecule has 3 rings (SSSR count). The van der Waals surface area contributed by atoms with Gasteiger partial charge in [-0.15, -0.1) is 34.2 Å². The van der Waals surface area contributed by atoms with Gasteiger partial charge in [0.05, 0.1) is 20.8 Å². The normalized spacial score (nSPS) is 15.7. The second kappa shape index (κ2) is 11.5. The minimum Gasteiger partial charge on any atom is -0.493 e. The summed E-state index contributed by atoms with van der Waals surface area (Å²) in [6, 6.07) is 6.31. The van der Waals surface area contributed by atoms with Gasteiger partial charge in [0.25, 0.3) is 0 Å². The average molecular weight is 542 g/mol. The number of hydrogen-bond donors (Lipinski definition) is 2. The molecule has 0 radical (unpaired) electrons. The van der Waals surface area contributed by atoms with Crippen LogP contribution < -0.4 is 20.1 Å². The Kier molecular flexibility index (Phi) is 9.39. The van der Waals surface area contributed by atoms with E-state index < -0.39 is 0 Å². The summed E-state index contributed by atoms with van der Waals surface area (Å²) in [7, 11) is 7.12. The molecule has 1 fully saturated rings. The van der Waals surface area contributed by atoms with Crippen LogP contribution >= 0.6 is 24.0 Å². The predicted octanol–water partition coefficient (Wildman–Crippen LogP) is 3.33. The van der Waals surface area contributed by atoms with Crippen molar-refractivity contribution in [3.63, 3.8) is 0 Å². The maximum Gasteiger partial charge on any atom is 0.191 e. The molecule has 2 N–H and O–H groups in total. The number of aliphatic imine (C=N–C) groups is 1. The van der Waals surface area contributed by atoms with Gasteiger partial charge in [0, 0.05) is 26.1 Å². The highest BCUT2D eigenvalue weighted by Gasteiger charge is 2.34. The number of halogens is 1. The molecule has 0 atom stereocenters. The molecule has 1 heterocycles. The number of guanidine groups is 1. The van der Waals surface area contributed by atoms with E-state index in [0.29, 0.717) is 6.54 Å². The first-order valence-corrected chi connectivity index (χ1v) is 10.5. The number of benzene rings is 1. The van der Waals surface area contributed by atoms with E-state index in [-0.39, 0.29) is 29.4 Å². The first kappa shape index (κ1) is 25.2. The van der Waals surface area contributed by atoms with Crippen molar-refractivity contribution in [1.82, 2.24) is 25.4 Å². The van der Waals surface area contributed by atoms with Crippen molar-refractivity contribution in [1.29, 1.82) is 0 Å². The van der Waals surface area contributed by atoms with Crippen molar-refractivity contribution in [2.75, 3.05) is 27.8 Å². The van der Waals surface area contributed by atoms with Gasteiger partial charge in [0.2, 0.25) is 0 Å². The monoisotopic (exact) mass is 542 g/mol. The number of nitrogens with one attached hydrogen (secondary N) is 2. The van der Waals surface area contributed by atoms with Crippen LogP contribution in [0.3, 0.4) is 0 Å². The van der Waals surface area contributed by atoms with Crippen LogP contribution in [0.1, 0.15) is 49.3 Å². The number of ether oxygens (including phenoxy) is 2. The Balaban J connectivity index is 0.00000341. The predicted molar refractivity (Wildman–Crippen MR) is 134 cm³/mol. The summed E-state index contributed by atoms with van der Waals surface area (Å²) >= 11 is 0. The molecule has 0 bridgehead atoms. The summed E-state index contributed by atoms with van der Waals surface area (Å²) in [6.45, 7) is 3.32. The van der Waals surface area contributed by atoms with Crippen molar-refractivity contribution in [2.45, 2.75) is 51.0 Å². The highest BCUT2D eigenvalue weighted by Crippen LogP contribution is 2.42. The minimum atomic E-state index is 0. The van der Waals surface area contributed by atoms with E-state index in [1.54, 1.807) is 21.3 Å². The second-order valence-corrected chi connectivity index (χ2v) is 7.91. The molecule has 172 valence electrons. The van der Waals surface area contributed by atoms with Crippen molar-refractivity contribution >= 4 is 29.9 Å². The van der Waals surface area contributed by atoms with Gasteiger partial charge in [0.1, 0.15) is 5.82 Å². The van der Waals surface area contributed by atoms with E-state index in [0.717, 1.165) is 48.5 Å². The maximum atomic E-state index is 5.56. The fourth-order valence-electron chi connectivity index (χ4n) is 4.20. The number of rotatable bonds is 7. The zero-order chi connectivity index (χ0) is 21.6. The van der Waals surface area contributed by atoms with Crippen LogP contribution in [-0.4, -0.2) is 48.5 Å².